The van der Waals surface area contributed by atoms with Crippen LogP contribution in [0, 0.1) is 0 Å². The Morgan fingerprint density at radius 2 is 2.00 bits per heavy atom. The maximum absolute atomic E-state index is 12.4. The summed E-state index contributed by atoms with van der Waals surface area (Å²) in [6.45, 7) is 4.92. The van der Waals surface area contributed by atoms with Crippen LogP contribution in [0.4, 0.5) is 10.8 Å². The Morgan fingerprint density at radius 3 is 2.78 bits per heavy atom. The molecule has 1 aliphatic heterocycles. The average molecular weight is 383 g/mol. The first-order chi connectivity index (χ1) is 13.2. The van der Waals surface area contributed by atoms with E-state index in [-0.39, 0.29) is 5.91 Å². The van der Waals surface area contributed by atoms with E-state index in [1.165, 1.54) is 0 Å². The van der Waals surface area contributed by atoms with E-state index in [9.17, 15) is 4.79 Å². The summed E-state index contributed by atoms with van der Waals surface area (Å²) < 4.78 is 12.1. The Bertz CT molecular complexity index is 923. The number of para-hydroxylation sites is 1. The SMILES string of the molecule is CC(Oc1ccccc1)C(=O)Nc1ccc2nc(N3CCOCC3)sc2c1. The number of nitrogens with zero attached hydrogens (tertiary/aromatic N) is 2. The summed E-state index contributed by atoms with van der Waals surface area (Å²) in [6, 6.07) is 15.1. The molecule has 140 valence electrons. The largest absolute Gasteiger partial charge is 0.481 e. The molecule has 1 atom stereocenters. The van der Waals surface area contributed by atoms with Gasteiger partial charge in [0.1, 0.15) is 5.75 Å². The molecule has 27 heavy (non-hydrogen) atoms. The van der Waals surface area contributed by atoms with Crippen molar-refractivity contribution in [2.24, 2.45) is 0 Å². The molecule has 1 saturated heterocycles. The van der Waals surface area contributed by atoms with Crippen molar-refractivity contribution in [3.8, 4) is 5.75 Å². The van der Waals surface area contributed by atoms with Crippen LogP contribution in [-0.4, -0.2) is 43.3 Å². The third kappa shape index (κ3) is 4.20. The van der Waals surface area contributed by atoms with Crippen LogP contribution >= 0.6 is 11.3 Å². The highest BCUT2D eigenvalue weighted by Crippen LogP contribution is 2.31. The molecule has 0 radical (unpaired) electrons. The lowest BCUT2D eigenvalue weighted by molar-refractivity contribution is -0.122. The number of anilines is 2. The predicted molar refractivity (Wildman–Crippen MR) is 108 cm³/mol. The quantitative estimate of drug-likeness (QED) is 0.730. The summed E-state index contributed by atoms with van der Waals surface area (Å²) in [7, 11) is 0. The Kier molecular flexibility index (Phi) is 5.22. The van der Waals surface area contributed by atoms with Crippen LogP contribution in [0.15, 0.2) is 48.5 Å². The number of ether oxygens (including phenoxy) is 2. The fourth-order valence-corrected chi connectivity index (χ4v) is 3.94. The first-order valence-corrected chi connectivity index (χ1v) is 9.76. The van der Waals surface area contributed by atoms with Gasteiger partial charge in [-0.1, -0.05) is 29.5 Å². The molecule has 0 spiro atoms. The van der Waals surface area contributed by atoms with E-state index in [0.29, 0.717) is 5.75 Å². The van der Waals surface area contributed by atoms with E-state index < -0.39 is 6.10 Å². The smallest absolute Gasteiger partial charge is 0.265 e. The number of thiazole rings is 1. The molecule has 0 saturated carbocycles. The van der Waals surface area contributed by atoms with Gasteiger partial charge in [0.15, 0.2) is 11.2 Å². The van der Waals surface area contributed by atoms with E-state index in [0.717, 1.165) is 47.3 Å². The molecule has 1 fully saturated rings. The van der Waals surface area contributed by atoms with Gasteiger partial charge in [-0.15, -0.1) is 0 Å². The van der Waals surface area contributed by atoms with Crippen molar-refractivity contribution in [3.63, 3.8) is 0 Å². The summed E-state index contributed by atoms with van der Waals surface area (Å²) in [5, 5.41) is 3.92. The number of morpholine rings is 1. The van der Waals surface area contributed by atoms with Gasteiger partial charge in [-0.2, -0.15) is 0 Å². The van der Waals surface area contributed by atoms with E-state index in [4.69, 9.17) is 14.5 Å². The van der Waals surface area contributed by atoms with Crippen LogP contribution in [0.1, 0.15) is 6.92 Å². The lowest BCUT2D eigenvalue weighted by atomic mass is 10.2. The second kappa shape index (κ2) is 7.94. The molecule has 1 unspecified atom stereocenters. The topological polar surface area (TPSA) is 63.7 Å². The molecule has 6 nitrogen and oxygen atoms in total. The number of amides is 1. The van der Waals surface area contributed by atoms with Crippen molar-refractivity contribution >= 4 is 38.3 Å². The van der Waals surface area contributed by atoms with Crippen LogP contribution in [0.2, 0.25) is 0 Å². The van der Waals surface area contributed by atoms with Gasteiger partial charge in [0.05, 0.1) is 23.4 Å². The number of fused-ring (bicyclic) bond motifs is 1. The first kappa shape index (κ1) is 17.8. The molecule has 0 bridgehead atoms. The molecule has 1 amide bonds. The van der Waals surface area contributed by atoms with Crippen molar-refractivity contribution < 1.29 is 14.3 Å². The van der Waals surface area contributed by atoms with Crippen molar-refractivity contribution in [1.29, 1.82) is 0 Å². The highest BCUT2D eigenvalue weighted by molar-refractivity contribution is 7.22. The summed E-state index contributed by atoms with van der Waals surface area (Å²) in [4.78, 5) is 19.4. The van der Waals surface area contributed by atoms with Crippen molar-refractivity contribution in [3.05, 3.63) is 48.5 Å². The maximum Gasteiger partial charge on any atom is 0.265 e. The Morgan fingerprint density at radius 1 is 1.22 bits per heavy atom. The highest BCUT2D eigenvalue weighted by atomic mass is 32.1. The molecular formula is C20H21N3O3S. The van der Waals surface area contributed by atoms with Gasteiger partial charge in [-0.3, -0.25) is 4.79 Å². The molecule has 0 aliphatic carbocycles. The van der Waals surface area contributed by atoms with E-state index in [1.807, 2.05) is 48.5 Å². The molecule has 3 aromatic rings. The fraction of sp³-hybridized carbons (Fsp3) is 0.300. The molecule has 1 N–H and O–H groups in total. The zero-order valence-electron chi connectivity index (χ0n) is 15.1. The average Bonchev–Trinajstić information content (AvgIpc) is 3.13. The van der Waals surface area contributed by atoms with Gasteiger partial charge in [0.25, 0.3) is 5.91 Å². The highest BCUT2D eigenvalue weighted by Gasteiger charge is 2.17. The number of carbonyl (C=O) groups excluding carboxylic acids is 1. The van der Waals surface area contributed by atoms with Crippen molar-refractivity contribution in [2.75, 3.05) is 36.5 Å². The molecule has 1 aliphatic rings. The van der Waals surface area contributed by atoms with Crippen LogP contribution in [-0.2, 0) is 9.53 Å². The van der Waals surface area contributed by atoms with E-state index >= 15 is 0 Å². The molecular weight excluding hydrogens is 362 g/mol. The minimum Gasteiger partial charge on any atom is -0.481 e. The van der Waals surface area contributed by atoms with E-state index in [1.54, 1.807) is 18.3 Å². The molecule has 7 heteroatoms. The minimum absolute atomic E-state index is 0.184. The van der Waals surface area contributed by atoms with Gasteiger partial charge in [0.2, 0.25) is 0 Å². The van der Waals surface area contributed by atoms with Crippen molar-refractivity contribution in [1.82, 2.24) is 4.98 Å². The lowest BCUT2D eigenvalue weighted by Crippen LogP contribution is -2.36. The number of hydrogen-bond donors (Lipinski definition) is 1. The predicted octanol–water partition coefficient (Wildman–Crippen LogP) is 3.54. The summed E-state index contributed by atoms with van der Waals surface area (Å²) in [5.41, 5.74) is 1.68. The van der Waals surface area contributed by atoms with Crippen LogP contribution < -0.4 is 15.0 Å². The third-order valence-corrected chi connectivity index (χ3v) is 5.43. The number of benzene rings is 2. The van der Waals surface area contributed by atoms with Crippen LogP contribution in [0.5, 0.6) is 5.75 Å². The third-order valence-electron chi connectivity index (χ3n) is 4.35. The van der Waals surface area contributed by atoms with Crippen LogP contribution in [0.25, 0.3) is 10.2 Å². The standard InChI is InChI=1S/C20H21N3O3S/c1-14(26-16-5-3-2-4-6-16)19(24)21-15-7-8-17-18(13-15)27-20(22-17)23-9-11-25-12-10-23/h2-8,13-14H,9-12H2,1H3,(H,21,24). The first-order valence-electron chi connectivity index (χ1n) is 8.95. The maximum atomic E-state index is 12.4. The number of nitrogens with one attached hydrogen (secondary N) is 1. The van der Waals surface area contributed by atoms with Gasteiger partial charge in [-0.05, 0) is 37.3 Å². The Labute approximate surface area is 161 Å². The molecule has 2 heterocycles. The minimum atomic E-state index is -0.589. The number of aromatic nitrogens is 1. The molecule has 1 aromatic heterocycles. The Balaban J connectivity index is 1.44. The zero-order valence-corrected chi connectivity index (χ0v) is 15.9. The Hall–Kier alpha value is -2.64. The lowest BCUT2D eigenvalue weighted by Gasteiger charge is -2.25. The van der Waals surface area contributed by atoms with Gasteiger partial charge >= 0.3 is 0 Å². The van der Waals surface area contributed by atoms with Crippen molar-refractivity contribution in [2.45, 2.75) is 13.0 Å². The summed E-state index contributed by atoms with van der Waals surface area (Å²) in [6.07, 6.45) is -0.589. The second-order valence-corrected chi connectivity index (χ2v) is 7.35. The number of rotatable bonds is 5. The van der Waals surface area contributed by atoms with Gasteiger partial charge in [0, 0.05) is 18.8 Å². The normalized spacial score (nSPS) is 15.5. The zero-order chi connectivity index (χ0) is 18.6. The van der Waals surface area contributed by atoms with Crippen LogP contribution in [0.3, 0.4) is 0 Å². The summed E-state index contributed by atoms with van der Waals surface area (Å²) in [5.74, 6) is 0.490. The second-order valence-electron chi connectivity index (χ2n) is 6.34. The monoisotopic (exact) mass is 383 g/mol. The fourth-order valence-electron chi connectivity index (χ4n) is 2.88. The number of carbonyl (C=O) groups is 1. The number of hydrogen-bond acceptors (Lipinski definition) is 6. The molecule has 4 rings (SSSR count). The van der Waals surface area contributed by atoms with Gasteiger partial charge < -0.3 is 19.7 Å². The summed E-state index contributed by atoms with van der Waals surface area (Å²) >= 11 is 1.63. The molecule has 2 aromatic carbocycles. The van der Waals surface area contributed by atoms with Gasteiger partial charge in [-0.25, -0.2) is 4.98 Å². The van der Waals surface area contributed by atoms with E-state index in [2.05, 4.69) is 10.2 Å².